The molecule has 2 rings (SSSR count). The fourth-order valence-electron chi connectivity index (χ4n) is 1.62. The molecule has 0 heterocycles. The van der Waals surface area contributed by atoms with Gasteiger partial charge in [-0.3, -0.25) is 0 Å². The molecule has 1 saturated carbocycles. The number of hydrogen-bond donors (Lipinski definition) is 2. The summed E-state index contributed by atoms with van der Waals surface area (Å²) in [7, 11) is -1.52. The minimum Gasteiger partial charge on any atom is -0.423 e. The van der Waals surface area contributed by atoms with Gasteiger partial charge in [0.05, 0.1) is 0 Å². The first-order valence-electron chi connectivity index (χ1n) is 4.69. The fourth-order valence-corrected chi connectivity index (χ4v) is 1.62. The van der Waals surface area contributed by atoms with Crippen molar-refractivity contribution in [2.45, 2.75) is 25.2 Å². The molecule has 0 atom stereocenters. The van der Waals surface area contributed by atoms with Crippen LogP contribution in [-0.2, 0) is 5.41 Å². The Hall–Kier alpha value is -0.865. The van der Waals surface area contributed by atoms with E-state index in [0.29, 0.717) is 11.0 Å². The minimum absolute atomic E-state index is 0.0883. The van der Waals surface area contributed by atoms with E-state index in [0.717, 1.165) is 12.8 Å². The molecule has 14 heavy (non-hydrogen) atoms. The van der Waals surface area contributed by atoms with E-state index in [-0.39, 0.29) is 11.2 Å². The monoisotopic (exact) mass is 194 g/mol. The van der Waals surface area contributed by atoms with Crippen LogP contribution in [0.3, 0.4) is 0 Å². The highest BCUT2D eigenvalue weighted by Gasteiger charge is 2.41. The van der Waals surface area contributed by atoms with Crippen molar-refractivity contribution < 1.29 is 14.4 Å². The largest absolute Gasteiger partial charge is 0.488 e. The van der Waals surface area contributed by atoms with Gasteiger partial charge in [0.2, 0.25) is 0 Å². The van der Waals surface area contributed by atoms with Crippen molar-refractivity contribution in [3.05, 3.63) is 29.6 Å². The smallest absolute Gasteiger partial charge is 0.423 e. The molecule has 1 aromatic carbocycles. The zero-order valence-corrected chi connectivity index (χ0v) is 8.00. The van der Waals surface area contributed by atoms with Crippen molar-refractivity contribution in [2.24, 2.45) is 0 Å². The van der Waals surface area contributed by atoms with Crippen molar-refractivity contribution in [1.29, 1.82) is 0 Å². The van der Waals surface area contributed by atoms with Crippen LogP contribution in [-0.4, -0.2) is 17.2 Å². The molecule has 0 aromatic heterocycles. The average Bonchev–Trinajstić information content (AvgIpc) is 2.85. The number of benzene rings is 1. The van der Waals surface area contributed by atoms with Crippen LogP contribution < -0.4 is 5.46 Å². The van der Waals surface area contributed by atoms with Crippen molar-refractivity contribution >= 4 is 12.6 Å². The Morgan fingerprint density at radius 3 is 2.50 bits per heavy atom. The standard InChI is InChI=1S/C10H12BFO2/c1-10(4-5-10)8-6-7(11(13)14)2-3-9(8)12/h2-3,6,13-14H,4-5H2,1H3. The molecule has 0 amide bonds. The first-order chi connectivity index (χ1) is 6.53. The van der Waals surface area contributed by atoms with Crippen LogP contribution in [0.4, 0.5) is 4.39 Å². The summed E-state index contributed by atoms with van der Waals surface area (Å²) >= 11 is 0. The van der Waals surface area contributed by atoms with Crippen LogP contribution in [0.1, 0.15) is 25.3 Å². The van der Waals surface area contributed by atoms with Gasteiger partial charge in [0.25, 0.3) is 0 Å². The minimum atomic E-state index is -1.52. The third kappa shape index (κ3) is 1.55. The average molecular weight is 194 g/mol. The lowest BCUT2D eigenvalue weighted by molar-refractivity contribution is 0.425. The third-order valence-electron chi connectivity index (χ3n) is 2.94. The van der Waals surface area contributed by atoms with Crippen LogP contribution >= 0.6 is 0 Å². The second kappa shape index (κ2) is 3.07. The second-order valence-electron chi connectivity index (χ2n) is 4.17. The van der Waals surface area contributed by atoms with Gasteiger partial charge in [-0.25, -0.2) is 4.39 Å². The van der Waals surface area contributed by atoms with E-state index in [9.17, 15) is 4.39 Å². The van der Waals surface area contributed by atoms with Crippen LogP contribution in [0, 0.1) is 5.82 Å². The molecule has 1 fully saturated rings. The van der Waals surface area contributed by atoms with Gasteiger partial charge in [-0.1, -0.05) is 19.1 Å². The lowest BCUT2D eigenvalue weighted by Crippen LogP contribution is -2.30. The molecule has 0 aliphatic heterocycles. The summed E-state index contributed by atoms with van der Waals surface area (Å²) in [6.45, 7) is 1.99. The SMILES string of the molecule is CC1(c2cc(B(O)O)ccc2F)CC1. The molecule has 0 saturated heterocycles. The summed E-state index contributed by atoms with van der Waals surface area (Å²) in [6.07, 6.45) is 1.93. The topological polar surface area (TPSA) is 40.5 Å². The van der Waals surface area contributed by atoms with Crippen molar-refractivity contribution in [3.8, 4) is 0 Å². The first kappa shape index (κ1) is 9.68. The summed E-state index contributed by atoms with van der Waals surface area (Å²) in [5.41, 5.74) is 0.868. The number of rotatable bonds is 2. The molecule has 0 spiro atoms. The quantitative estimate of drug-likeness (QED) is 0.675. The molecule has 2 N–H and O–H groups in total. The second-order valence-corrected chi connectivity index (χ2v) is 4.17. The highest BCUT2D eigenvalue weighted by Crippen LogP contribution is 2.48. The van der Waals surface area contributed by atoms with E-state index >= 15 is 0 Å². The molecule has 0 bridgehead atoms. The van der Waals surface area contributed by atoms with Gasteiger partial charge in [-0.05, 0) is 35.3 Å². The lowest BCUT2D eigenvalue weighted by atomic mass is 9.78. The first-order valence-corrected chi connectivity index (χ1v) is 4.69. The predicted molar refractivity (Wildman–Crippen MR) is 52.8 cm³/mol. The summed E-state index contributed by atoms with van der Waals surface area (Å²) in [6, 6.07) is 4.25. The maximum Gasteiger partial charge on any atom is 0.488 e. The maximum absolute atomic E-state index is 13.4. The Bertz CT molecular complexity index is 361. The summed E-state index contributed by atoms with van der Waals surface area (Å²) in [4.78, 5) is 0. The van der Waals surface area contributed by atoms with E-state index in [1.165, 1.54) is 12.1 Å². The highest BCUT2D eigenvalue weighted by atomic mass is 19.1. The maximum atomic E-state index is 13.4. The molecule has 74 valence electrons. The van der Waals surface area contributed by atoms with E-state index in [2.05, 4.69) is 0 Å². The van der Waals surface area contributed by atoms with Gasteiger partial charge in [-0.2, -0.15) is 0 Å². The summed E-state index contributed by atoms with van der Waals surface area (Å²) in [5, 5.41) is 17.9. The number of halogens is 1. The molecule has 4 heteroatoms. The molecular formula is C10H12BFO2. The highest BCUT2D eigenvalue weighted by molar-refractivity contribution is 6.58. The van der Waals surface area contributed by atoms with Crippen molar-refractivity contribution in [2.75, 3.05) is 0 Å². The van der Waals surface area contributed by atoms with Crippen molar-refractivity contribution in [1.82, 2.24) is 0 Å². The van der Waals surface area contributed by atoms with E-state index in [1.54, 1.807) is 6.07 Å². The zero-order chi connectivity index (χ0) is 10.3. The molecular weight excluding hydrogens is 182 g/mol. The van der Waals surface area contributed by atoms with Crippen LogP contribution in [0.2, 0.25) is 0 Å². The Labute approximate surface area is 82.5 Å². The van der Waals surface area contributed by atoms with Gasteiger partial charge >= 0.3 is 7.12 Å². The van der Waals surface area contributed by atoms with E-state index in [4.69, 9.17) is 10.0 Å². The van der Waals surface area contributed by atoms with Crippen molar-refractivity contribution in [3.63, 3.8) is 0 Å². The normalized spacial score (nSPS) is 18.0. The van der Waals surface area contributed by atoms with E-state index < -0.39 is 7.12 Å². The fraction of sp³-hybridized carbons (Fsp3) is 0.400. The Morgan fingerprint density at radius 2 is 2.00 bits per heavy atom. The number of hydrogen-bond acceptors (Lipinski definition) is 2. The lowest BCUT2D eigenvalue weighted by Gasteiger charge is -2.11. The molecule has 2 nitrogen and oxygen atoms in total. The van der Waals surface area contributed by atoms with E-state index in [1.807, 2.05) is 6.92 Å². The van der Waals surface area contributed by atoms with Crippen LogP contribution in [0.25, 0.3) is 0 Å². The Morgan fingerprint density at radius 1 is 1.36 bits per heavy atom. The van der Waals surface area contributed by atoms with Gasteiger partial charge in [0, 0.05) is 0 Å². The zero-order valence-electron chi connectivity index (χ0n) is 8.00. The van der Waals surface area contributed by atoms with Gasteiger partial charge in [0.1, 0.15) is 5.82 Å². The molecule has 1 aliphatic rings. The summed E-state index contributed by atoms with van der Waals surface area (Å²) in [5.74, 6) is -0.255. The Balaban J connectivity index is 2.43. The molecule has 0 unspecified atom stereocenters. The van der Waals surface area contributed by atoms with Gasteiger partial charge in [0.15, 0.2) is 0 Å². The third-order valence-corrected chi connectivity index (χ3v) is 2.94. The van der Waals surface area contributed by atoms with Gasteiger partial charge in [-0.15, -0.1) is 0 Å². The molecule has 0 radical (unpaired) electrons. The predicted octanol–water partition coefficient (Wildman–Crippen LogP) is 0.557. The summed E-state index contributed by atoms with van der Waals surface area (Å²) < 4.78 is 13.4. The van der Waals surface area contributed by atoms with Crippen LogP contribution in [0.5, 0.6) is 0 Å². The molecule has 1 aromatic rings. The molecule has 1 aliphatic carbocycles. The van der Waals surface area contributed by atoms with Crippen LogP contribution in [0.15, 0.2) is 18.2 Å². The Kier molecular flexibility index (Phi) is 2.12. The van der Waals surface area contributed by atoms with Gasteiger partial charge < -0.3 is 10.0 Å².